The number of ketones is 1. The third kappa shape index (κ3) is 2.10. The molecule has 0 spiro atoms. The summed E-state index contributed by atoms with van der Waals surface area (Å²) in [5, 5.41) is 2.32. The minimum atomic E-state index is -0.0512. The highest BCUT2D eigenvalue weighted by molar-refractivity contribution is 7.14. The molecule has 0 atom stereocenters. The van der Waals surface area contributed by atoms with Crippen molar-refractivity contribution in [3.05, 3.63) is 57.7 Å². The van der Waals surface area contributed by atoms with E-state index in [4.69, 9.17) is 0 Å². The standard InChI is InChI=1S/C13H8N2OS2/c16-11(10-7-4-8-17-10)13-14-12(15-18-13)9-5-2-1-3-6-9/h1-8H. The highest BCUT2D eigenvalue weighted by Gasteiger charge is 2.16. The van der Waals surface area contributed by atoms with E-state index in [0.29, 0.717) is 15.7 Å². The molecule has 0 aliphatic rings. The zero-order valence-electron chi connectivity index (χ0n) is 9.24. The van der Waals surface area contributed by atoms with Crippen molar-refractivity contribution in [3.8, 4) is 11.4 Å². The fraction of sp³-hybridized carbons (Fsp3) is 0. The summed E-state index contributed by atoms with van der Waals surface area (Å²) in [6.07, 6.45) is 0. The van der Waals surface area contributed by atoms with E-state index in [2.05, 4.69) is 9.36 Å². The van der Waals surface area contributed by atoms with Crippen molar-refractivity contribution in [2.24, 2.45) is 0 Å². The molecule has 2 heterocycles. The molecule has 18 heavy (non-hydrogen) atoms. The lowest BCUT2D eigenvalue weighted by Gasteiger charge is -1.92. The number of carbonyl (C=O) groups is 1. The summed E-state index contributed by atoms with van der Waals surface area (Å²) in [6.45, 7) is 0. The quantitative estimate of drug-likeness (QED) is 0.685. The van der Waals surface area contributed by atoms with Crippen molar-refractivity contribution in [2.45, 2.75) is 0 Å². The summed E-state index contributed by atoms with van der Waals surface area (Å²) < 4.78 is 4.23. The van der Waals surface area contributed by atoms with Crippen LogP contribution < -0.4 is 0 Å². The predicted molar refractivity (Wildman–Crippen MR) is 73.1 cm³/mol. The van der Waals surface area contributed by atoms with E-state index in [0.717, 1.165) is 17.1 Å². The maximum absolute atomic E-state index is 12.1. The van der Waals surface area contributed by atoms with E-state index >= 15 is 0 Å². The van der Waals surface area contributed by atoms with E-state index in [-0.39, 0.29) is 5.78 Å². The van der Waals surface area contributed by atoms with Crippen molar-refractivity contribution in [3.63, 3.8) is 0 Å². The molecule has 0 saturated carbocycles. The second-order valence-corrected chi connectivity index (χ2v) is 5.30. The number of rotatable bonds is 3. The summed E-state index contributed by atoms with van der Waals surface area (Å²) in [6, 6.07) is 13.3. The first-order chi connectivity index (χ1) is 8.84. The Labute approximate surface area is 112 Å². The number of benzene rings is 1. The zero-order chi connectivity index (χ0) is 12.4. The van der Waals surface area contributed by atoms with Crippen LogP contribution >= 0.6 is 22.9 Å². The third-order valence-corrected chi connectivity index (χ3v) is 3.98. The van der Waals surface area contributed by atoms with E-state index in [1.165, 1.54) is 11.3 Å². The monoisotopic (exact) mass is 272 g/mol. The van der Waals surface area contributed by atoms with Crippen LogP contribution in [-0.4, -0.2) is 15.1 Å². The molecule has 3 nitrogen and oxygen atoms in total. The highest BCUT2D eigenvalue weighted by atomic mass is 32.1. The fourth-order valence-electron chi connectivity index (χ4n) is 1.53. The fourth-order valence-corrected chi connectivity index (χ4v) is 2.90. The smallest absolute Gasteiger partial charge is 0.233 e. The molecular formula is C13H8N2OS2. The van der Waals surface area contributed by atoms with E-state index < -0.39 is 0 Å². The SMILES string of the molecule is O=C(c1cccs1)c1nc(-c2ccccc2)ns1. The lowest BCUT2D eigenvalue weighted by atomic mass is 10.2. The molecular weight excluding hydrogens is 264 g/mol. The van der Waals surface area contributed by atoms with Crippen molar-refractivity contribution in [1.82, 2.24) is 9.36 Å². The van der Waals surface area contributed by atoms with Crippen LogP contribution in [0, 0.1) is 0 Å². The highest BCUT2D eigenvalue weighted by Crippen LogP contribution is 2.21. The molecule has 0 bridgehead atoms. The topological polar surface area (TPSA) is 42.9 Å². The molecule has 0 aliphatic carbocycles. The maximum Gasteiger partial charge on any atom is 0.233 e. The molecule has 0 saturated heterocycles. The number of aromatic nitrogens is 2. The molecule has 0 N–H and O–H groups in total. The summed E-state index contributed by atoms with van der Waals surface area (Å²) in [7, 11) is 0. The van der Waals surface area contributed by atoms with Crippen LogP contribution in [0.5, 0.6) is 0 Å². The molecule has 1 aromatic carbocycles. The Hall–Kier alpha value is -1.85. The number of carbonyl (C=O) groups excluding carboxylic acids is 1. The largest absolute Gasteiger partial charge is 0.285 e. The van der Waals surface area contributed by atoms with Gasteiger partial charge in [0.25, 0.3) is 0 Å². The number of nitrogens with zero attached hydrogens (tertiary/aromatic N) is 2. The summed E-state index contributed by atoms with van der Waals surface area (Å²) in [5.74, 6) is 0.560. The van der Waals surface area contributed by atoms with Gasteiger partial charge in [0.05, 0.1) is 4.88 Å². The van der Waals surface area contributed by atoms with Gasteiger partial charge in [-0.2, -0.15) is 4.37 Å². The number of hydrogen-bond acceptors (Lipinski definition) is 5. The minimum Gasteiger partial charge on any atom is -0.285 e. The first-order valence-electron chi connectivity index (χ1n) is 5.32. The van der Waals surface area contributed by atoms with Crippen LogP contribution in [0.25, 0.3) is 11.4 Å². The Morgan fingerprint density at radius 2 is 1.89 bits per heavy atom. The normalized spacial score (nSPS) is 10.4. The van der Waals surface area contributed by atoms with Gasteiger partial charge in [0, 0.05) is 5.56 Å². The lowest BCUT2D eigenvalue weighted by Crippen LogP contribution is -1.97. The van der Waals surface area contributed by atoms with E-state index in [1.54, 1.807) is 6.07 Å². The molecule has 0 radical (unpaired) electrons. The molecule has 0 aliphatic heterocycles. The molecule has 2 aromatic heterocycles. The Morgan fingerprint density at radius 1 is 1.06 bits per heavy atom. The van der Waals surface area contributed by atoms with Gasteiger partial charge in [0.15, 0.2) is 10.8 Å². The Balaban J connectivity index is 1.93. The minimum absolute atomic E-state index is 0.0512. The second kappa shape index (κ2) is 4.80. The predicted octanol–water partition coefficient (Wildman–Crippen LogP) is 3.50. The van der Waals surface area contributed by atoms with Gasteiger partial charge in [-0.3, -0.25) is 4.79 Å². The molecule has 3 aromatic rings. The van der Waals surface area contributed by atoms with Crippen LogP contribution in [0.3, 0.4) is 0 Å². The van der Waals surface area contributed by atoms with Gasteiger partial charge in [-0.25, -0.2) is 4.98 Å². The summed E-state index contributed by atoms with van der Waals surface area (Å²) in [4.78, 5) is 17.1. The van der Waals surface area contributed by atoms with Crippen molar-refractivity contribution in [1.29, 1.82) is 0 Å². The molecule has 0 unspecified atom stereocenters. The Kier molecular flexibility index (Phi) is 3.00. The van der Waals surface area contributed by atoms with Crippen LogP contribution in [-0.2, 0) is 0 Å². The van der Waals surface area contributed by atoms with Gasteiger partial charge in [-0.1, -0.05) is 36.4 Å². The first-order valence-corrected chi connectivity index (χ1v) is 6.97. The van der Waals surface area contributed by atoms with E-state index in [9.17, 15) is 4.79 Å². The lowest BCUT2D eigenvalue weighted by molar-refractivity contribution is 0.104. The first kappa shape index (κ1) is 11.3. The molecule has 3 rings (SSSR count). The maximum atomic E-state index is 12.1. The van der Waals surface area contributed by atoms with Crippen LogP contribution in [0.15, 0.2) is 47.8 Å². The van der Waals surface area contributed by atoms with Crippen LogP contribution in [0.4, 0.5) is 0 Å². The van der Waals surface area contributed by atoms with Crippen LogP contribution in [0.1, 0.15) is 14.7 Å². The van der Waals surface area contributed by atoms with E-state index in [1.807, 2.05) is 41.8 Å². The van der Waals surface area contributed by atoms with Gasteiger partial charge in [0.2, 0.25) is 5.78 Å². The molecule has 5 heteroatoms. The molecule has 0 amide bonds. The van der Waals surface area contributed by atoms with Gasteiger partial charge < -0.3 is 0 Å². The molecule has 88 valence electrons. The average molecular weight is 272 g/mol. The van der Waals surface area contributed by atoms with Gasteiger partial charge in [-0.15, -0.1) is 11.3 Å². The average Bonchev–Trinajstić information content (AvgIpc) is 3.10. The second-order valence-electron chi connectivity index (χ2n) is 3.60. The Bertz CT molecular complexity index is 659. The van der Waals surface area contributed by atoms with Gasteiger partial charge in [-0.05, 0) is 23.0 Å². The summed E-state index contributed by atoms with van der Waals surface area (Å²) >= 11 is 2.57. The third-order valence-electron chi connectivity index (χ3n) is 2.40. The number of hydrogen-bond donors (Lipinski definition) is 0. The van der Waals surface area contributed by atoms with Gasteiger partial charge in [0.1, 0.15) is 0 Å². The Morgan fingerprint density at radius 3 is 2.61 bits per heavy atom. The van der Waals surface area contributed by atoms with Gasteiger partial charge >= 0.3 is 0 Å². The summed E-state index contributed by atoms with van der Waals surface area (Å²) in [5.41, 5.74) is 0.930. The van der Waals surface area contributed by atoms with Crippen molar-refractivity contribution < 1.29 is 4.79 Å². The van der Waals surface area contributed by atoms with Crippen molar-refractivity contribution in [2.75, 3.05) is 0 Å². The van der Waals surface area contributed by atoms with Crippen LogP contribution in [0.2, 0.25) is 0 Å². The zero-order valence-corrected chi connectivity index (χ0v) is 10.9. The molecule has 0 fully saturated rings. The van der Waals surface area contributed by atoms with Crippen molar-refractivity contribution >= 4 is 28.7 Å². The number of thiophene rings is 1.